The molecule has 2 N–H and O–H groups in total. The van der Waals surface area contributed by atoms with Gasteiger partial charge < -0.3 is 5.73 Å². The van der Waals surface area contributed by atoms with E-state index in [0.29, 0.717) is 0 Å². The molecular weight excluding hydrogens is 236 g/mol. The largest absolute Gasteiger partial charge is 0.323 e. The lowest BCUT2D eigenvalue weighted by Crippen LogP contribution is -2.05. The Morgan fingerprint density at radius 3 is 2.88 bits per heavy atom. The second-order valence-corrected chi connectivity index (χ2v) is 5.82. The Morgan fingerprint density at radius 2 is 2.31 bits per heavy atom. The van der Waals surface area contributed by atoms with E-state index < -0.39 is 0 Å². The van der Waals surface area contributed by atoms with Crippen LogP contribution in [0.4, 0.5) is 0 Å². The molecule has 2 aromatic heterocycles. The zero-order chi connectivity index (χ0) is 11.5. The number of thiazole rings is 1. The van der Waals surface area contributed by atoms with Crippen LogP contribution < -0.4 is 5.73 Å². The molecule has 0 radical (unpaired) electrons. The van der Waals surface area contributed by atoms with Crippen molar-refractivity contribution < 1.29 is 0 Å². The van der Waals surface area contributed by atoms with Gasteiger partial charge in [-0.15, -0.1) is 22.7 Å². The monoisotopic (exact) mass is 252 g/mol. The first-order valence-electron chi connectivity index (χ1n) is 5.51. The van der Waals surface area contributed by atoms with Gasteiger partial charge in [-0.25, -0.2) is 4.98 Å². The quantitative estimate of drug-likeness (QED) is 0.897. The first-order chi connectivity index (χ1) is 7.72. The summed E-state index contributed by atoms with van der Waals surface area (Å²) in [4.78, 5) is 7.20. The standard InChI is InChI=1S/C12H16N2S2/c1-3-5-9-11(8(2)13)16-12(14-9)10-6-4-7-15-10/h4,6-8H,3,5,13H2,1-2H3. The van der Waals surface area contributed by atoms with Crippen molar-refractivity contribution in [3.05, 3.63) is 28.1 Å². The minimum absolute atomic E-state index is 0.0905. The van der Waals surface area contributed by atoms with Gasteiger partial charge in [0.2, 0.25) is 0 Å². The molecule has 0 bridgehead atoms. The van der Waals surface area contributed by atoms with Gasteiger partial charge in [0.05, 0.1) is 10.6 Å². The minimum atomic E-state index is 0.0905. The normalized spacial score (nSPS) is 12.9. The van der Waals surface area contributed by atoms with E-state index in [-0.39, 0.29) is 6.04 Å². The molecule has 1 atom stereocenters. The summed E-state index contributed by atoms with van der Waals surface area (Å²) in [5.41, 5.74) is 7.17. The Kier molecular flexibility index (Phi) is 3.74. The minimum Gasteiger partial charge on any atom is -0.323 e. The maximum absolute atomic E-state index is 5.99. The van der Waals surface area contributed by atoms with E-state index in [9.17, 15) is 0 Å². The maximum atomic E-state index is 5.99. The van der Waals surface area contributed by atoms with Crippen molar-refractivity contribution in [2.75, 3.05) is 0 Å². The summed E-state index contributed by atoms with van der Waals surface area (Å²) in [6, 6.07) is 4.27. The number of aromatic nitrogens is 1. The second-order valence-electron chi connectivity index (χ2n) is 3.85. The Morgan fingerprint density at radius 1 is 1.50 bits per heavy atom. The molecule has 0 aliphatic rings. The predicted octanol–water partition coefficient (Wildman–Crippen LogP) is 3.84. The van der Waals surface area contributed by atoms with Gasteiger partial charge in [-0.1, -0.05) is 19.4 Å². The molecule has 2 rings (SSSR count). The van der Waals surface area contributed by atoms with E-state index in [4.69, 9.17) is 10.7 Å². The summed E-state index contributed by atoms with van der Waals surface area (Å²) in [6.07, 6.45) is 2.14. The van der Waals surface area contributed by atoms with Gasteiger partial charge in [-0.05, 0) is 24.8 Å². The molecule has 0 saturated carbocycles. The van der Waals surface area contributed by atoms with E-state index in [1.54, 1.807) is 22.7 Å². The fourth-order valence-electron chi connectivity index (χ4n) is 1.64. The third-order valence-corrected chi connectivity index (χ3v) is 4.70. The number of nitrogens with zero attached hydrogens (tertiary/aromatic N) is 1. The molecule has 0 aliphatic carbocycles. The Labute approximate surface area is 104 Å². The van der Waals surface area contributed by atoms with Gasteiger partial charge in [0.15, 0.2) is 0 Å². The Hall–Kier alpha value is -0.710. The fourth-order valence-corrected chi connectivity index (χ4v) is 3.50. The van der Waals surface area contributed by atoms with Gasteiger partial charge in [0.25, 0.3) is 0 Å². The van der Waals surface area contributed by atoms with Crippen LogP contribution in [0, 0.1) is 0 Å². The highest BCUT2D eigenvalue weighted by molar-refractivity contribution is 7.21. The van der Waals surface area contributed by atoms with Crippen molar-refractivity contribution >= 4 is 22.7 Å². The third-order valence-electron chi connectivity index (χ3n) is 2.36. The molecule has 4 heteroatoms. The molecule has 2 aromatic rings. The van der Waals surface area contributed by atoms with E-state index >= 15 is 0 Å². The number of hydrogen-bond acceptors (Lipinski definition) is 4. The van der Waals surface area contributed by atoms with E-state index in [1.807, 2.05) is 6.92 Å². The number of rotatable bonds is 4. The number of aryl methyl sites for hydroxylation is 1. The van der Waals surface area contributed by atoms with Crippen LogP contribution in [0.5, 0.6) is 0 Å². The zero-order valence-corrected chi connectivity index (χ0v) is 11.2. The summed E-state index contributed by atoms with van der Waals surface area (Å²) in [5.74, 6) is 0. The number of hydrogen-bond donors (Lipinski definition) is 1. The molecule has 0 aliphatic heterocycles. The van der Waals surface area contributed by atoms with Crippen LogP contribution in [0.15, 0.2) is 17.5 Å². The molecule has 1 unspecified atom stereocenters. The van der Waals surface area contributed by atoms with Gasteiger partial charge in [-0.2, -0.15) is 0 Å². The van der Waals surface area contributed by atoms with Crippen LogP contribution in [0.1, 0.15) is 36.9 Å². The van der Waals surface area contributed by atoms with Crippen LogP contribution in [0.25, 0.3) is 9.88 Å². The molecule has 2 nitrogen and oxygen atoms in total. The Balaban J connectivity index is 2.38. The van der Waals surface area contributed by atoms with Gasteiger partial charge in [0, 0.05) is 10.9 Å². The van der Waals surface area contributed by atoms with Crippen LogP contribution in [-0.2, 0) is 6.42 Å². The molecule has 0 spiro atoms. The first kappa shape index (κ1) is 11.8. The number of thiophene rings is 1. The average Bonchev–Trinajstić information content (AvgIpc) is 2.83. The zero-order valence-electron chi connectivity index (χ0n) is 9.56. The highest BCUT2D eigenvalue weighted by Gasteiger charge is 2.15. The highest BCUT2D eigenvalue weighted by atomic mass is 32.1. The predicted molar refractivity (Wildman–Crippen MR) is 72.0 cm³/mol. The van der Waals surface area contributed by atoms with E-state index in [2.05, 4.69) is 24.4 Å². The molecule has 0 saturated heterocycles. The molecule has 0 amide bonds. The first-order valence-corrected chi connectivity index (χ1v) is 7.21. The lowest BCUT2D eigenvalue weighted by atomic mass is 10.2. The van der Waals surface area contributed by atoms with E-state index in [1.165, 1.54) is 15.4 Å². The third kappa shape index (κ3) is 2.34. The highest BCUT2D eigenvalue weighted by Crippen LogP contribution is 2.34. The van der Waals surface area contributed by atoms with Crippen molar-refractivity contribution in [1.29, 1.82) is 0 Å². The Bertz CT molecular complexity index is 444. The van der Waals surface area contributed by atoms with Crippen molar-refractivity contribution in [2.24, 2.45) is 5.73 Å². The van der Waals surface area contributed by atoms with Crippen LogP contribution in [-0.4, -0.2) is 4.98 Å². The van der Waals surface area contributed by atoms with Gasteiger partial charge in [0.1, 0.15) is 5.01 Å². The maximum Gasteiger partial charge on any atom is 0.133 e. The van der Waals surface area contributed by atoms with E-state index in [0.717, 1.165) is 17.8 Å². The fraction of sp³-hybridized carbons (Fsp3) is 0.417. The molecular formula is C12H16N2S2. The van der Waals surface area contributed by atoms with Crippen molar-refractivity contribution in [3.8, 4) is 9.88 Å². The molecule has 0 aromatic carbocycles. The van der Waals surface area contributed by atoms with Gasteiger partial charge >= 0.3 is 0 Å². The van der Waals surface area contributed by atoms with Crippen molar-refractivity contribution in [3.63, 3.8) is 0 Å². The SMILES string of the molecule is CCCc1nc(-c2cccs2)sc1C(C)N. The molecule has 86 valence electrons. The summed E-state index contributed by atoms with van der Waals surface area (Å²) < 4.78 is 0. The number of nitrogens with two attached hydrogens (primary N) is 1. The lowest BCUT2D eigenvalue weighted by Gasteiger charge is -2.03. The van der Waals surface area contributed by atoms with Crippen molar-refractivity contribution in [2.45, 2.75) is 32.7 Å². The average molecular weight is 252 g/mol. The summed E-state index contributed by atoms with van der Waals surface area (Å²) >= 11 is 3.47. The summed E-state index contributed by atoms with van der Waals surface area (Å²) in [7, 11) is 0. The van der Waals surface area contributed by atoms with Crippen LogP contribution >= 0.6 is 22.7 Å². The molecule has 16 heavy (non-hydrogen) atoms. The summed E-state index contributed by atoms with van der Waals surface area (Å²) in [5, 5.41) is 3.20. The smallest absolute Gasteiger partial charge is 0.133 e. The topological polar surface area (TPSA) is 38.9 Å². The summed E-state index contributed by atoms with van der Waals surface area (Å²) in [6.45, 7) is 4.21. The van der Waals surface area contributed by atoms with Crippen molar-refractivity contribution in [1.82, 2.24) is 4.98 Å². The molecule has 0 fully saturated rings. The molecule has 2 heterocycles. The van der Waals surface area contributed by atoms with Crippen LogP contribution in [0.2, 0.25) is 0 Å². The van der Waals surface area contributed by atoms with Gasteiger partial charge in [-0.3, -0.25) is 0 Å². The van der Waals surface area contributed by atoms with Crippen LogP contribution in [0.3, 0.4) is 0 Å². The lowest BCUT2D eigenvalue weighted by molar-refractivity contribution is 0.793. The second kappa shape index (κ2) is 5.08.